The van der Waals surface area contributed by atoms with Crippen molar-refractivity contribution < 1.29 is 14.3 Å². The zero-order chi connectivity index (χ0) is 15.3. The molecule has 0 atom stereocenters. The van der Waals surface area contributed by atoms with Crippen molar-refractivity contribution in [3.8, 4) is 11.5 Å². The third-order valence-electron chi connectivity index (χ3n) is 4.00. The number of nitrogens with zero attached hydrogens (tertiary/aromatic N) is 1. The van der Waals surface area contributed by atoms with Gasteiger partial charge in [0.15, 0.2) is 5.76 Å². The number of carbonyl (C=O) groups is 1. The Morgan fingerprint density at radius 2 is 2.14 bits per heavy atom. The van der Waals surface area contributed by atoms with Gasteiger partial charge in [0.1, 0.15) is 11.5 Å². The Balaban J connectivity index is 1.93. The molecule has 0 amide bonds. The Bertz CT molecular complexity index is 571. The first kappa shape index (κ1) is 15.3. The highest BCUT2D eigenvalue weighted by Crippen LogP contribution is 2.26. The van der Waals surface area contributed by atoms with Crippen LogP contribution < -0.4 is 5.32 Å². The minimum Gasteiger partial charge on any atom is -0.481 e. The van der Waals surface area contributed by atoms with Crippen molar-refractivity contribution in [2.24, 2.45) is 5.41 Å². The van der Waals surface area contributed by atoms with Crippen LogP contribution in [-0.4, -0.2) is 27.8 Å². The number of hydrogen-bond donors (Lipinski definition) is 3. The van der Waals surface area contributed by atoms with Crippen LogP contribution in [0, 0.1) is 5.41 Å². The van der Waals surface area contributed by atoms with E-state index in [0.29, 0.717) is 25.9 Å². The lowest BCUT2D eigenvalue weighted by Crippen LogP contribution is -2.39. The first-order valence-electron chi connectivity index (χ1n) is 7.14. The quantitative estimate of drug-likeness (QED) is 0.695. The van der Waals surface area contributed by atoms with Gasteiger partial charge in [-0.25, -0.2) is 0 Å². The highest BCUT2D eigenvalue weighted by molar-refractivity contribution is 5.74. The molecular weight excluding hydrogens is 270 g/mol. The predicted molar refractivity (Wildman–Crippen MR) is 78.6 cm³/mol. The van der Waals surface area contributed by atoms with Crippen LogP contribution >= 0.6 is 0 Å². The SMILES string of the molecule is CCC(CC)(CNCc1ccc(-c2ccn[nH]2)o1)C(=O)O. The fourth-order valence-electron chi connectivity index (χ4n) is 2.31. The Morgan fingerprint density at radius 3 is 2.71 bits per heavy atom. The number of H-pyrrole nitrogens is 1. The van der Waals surface area contributed by atoms with Crippen molar-refractivity contribution >= 4 is 5.97 Å². The maximum atomic E-state index is 11.4. The number of carboxylic acid groups (broad SMARTS) is 1. The second-order valence-corrected chi connectivity index (χ2v) is 5.13. The van der Waals surface area contributed by atoms with Crippen molar-refractivity contribution in [3.05, 3.63) is 30.2 Å². The van der Waals surface area contributed by atoms with Crippen LogP contribution in [0.1, 0.15) is 32.4 Å². The van der Waals surface area contributed by atoms with E-state index < -0.39 is 11.4 Å². The van der Waals surface area contributed by atoms with Crippen LogP contribution in [0.15, 0.2) is 28.8 Å². The number of furan rings is 1. The summed E-state index contributed by atoms with van der Waals surface area (Å²) in [5.41, 5.74) is 0.113. The van der Waals surface area contributed by atoms with Crippen molar-refractivity contribution in [1.29, 1.82) is 0 Å². The van der Waals surface area contributed by atoms with E-state index in [0.717, 1.165) is 17.2 Å². The summed E-state index contributed by atoms with van der Waals surface area (Å²) in [6, 6.07) is 5.58. The van der Waals surface area contributed by atoms with E-state index in [4.69, 9.17) is 4.42 Å². The summed E-state index contributed by atoms with van der Waals surface area (Å²) in [5.74, 6) is 0.739. The Hall–Kier alpha value is -2.08. The van der Waals surface area contributed by atoms with E-state index in [1.807, 2.05) is 32.0 Å². The Labute approximate surface area is 123 Å². The van der Waals surface area contributed by atoms with Crippen LogP contribution in [-0.2, 0) is 11.3 Å². The van der Waals surface area contributed by atoms with Gasteiger partial charge in [-0.2, -0.15) is 5.10 Å². The lowest BCUT2D eigenvalue weighted by molar-refractivity contribution is -0.149. The molecule has 0 spiro atoms. The molecule has 0 bridgehead atoms. The molecule has 6 heteroatoms. The molecule has 2 heterocycles. The van der Waals surface area contributed by atoms with Crippen molar-refractivity contribution in [3.63, 3.8) is 0 Å². The minimum atomic E-state index is -0.752. The maximum Gasteiger partial charge on any atom is 0.310 e. The lowest BCUT2D eigenvalue weighted by atomic mass is 9.82. The molecule has 6 nitrogen and oxygen atoms in total. The minimum absolute atomic E-state index is 0.426. The summed E-state index contributed by atoms with van der Waals surface area (Å²) in [6.07, 6.45) is 2.87. The van der Waals surface area contributed by atoms with E-state index in [-0.39, 0.29) is 0 Å². The molecule has 0 aromatic carbocycles. The highest BCUT2D eigenvalue weighted by atomic mass is 16.4. The van der Waals surface area contributed by atoms with E-state index >= 15 is 0 Å². The standard InChI is InChI=1S/C15H21N3O3/c1-3-15(4-2,14(19)20)10-16-9-11-5-6-13(21-11)12-7-8-17-18-12/h5-8,16H,3-4,9-10H2,1-2H3,(H,17,18)(H,19,20). The number of aliphatic carboxylic acids is 1. The monoisotopic (exact) mass is 291 g/mol. The van der Waals surface area contributed by atoms with Gasteiger partial charge >= 0.3 is 5.97 Å². The normalized spacial score (nSPS) is 11.7. The molecule has 2 aromatic heterocycles. The molecule has 0 saturated heterocycles. The number of carboxylic acids is 1. The molecule has 3 N–H and O–H groups in total. The summed E-state index contributed by atoms with van der Waals surface area (Å²) in [6.45, 7) is 4.74. The number of aromatic nitrogens is 2. The number of aromatic amines is 1. The molecule has 0 radical (unpaired) electrons. The van der Waals surface area contributed by atoms with Gasteiger partial charge < -0.3 is 14.8 Å². The second kappa shape index (κ2) is 6.58. The molecule has 0 aliphatic heterocycles. The van der Waals surface area contributed by atoms with Gasteiger partial charge in [-0.05, 0) is 31.0 Å². The van der Waals surface area contributed by atoms with Gasteiger partial charge in [0.2, 0.25) is 0 Å². The van der Waals surface area contributed by atoms with Crippen LogP contribution in [0.3, 0.4) is 0 Å². The lowest BCUT2D eigenvalue weighted by Gasteiger charge is -2.26. The van der Waals surface area contributed by atoms with Gasteiger partial charge in [-0.15, -0.1) is 0 Å². The van der Waals surface area contributed by atoms with Crippen molar-refractivity contribution in [2.45, 2.75) is 33.2 Å². The smallest absolute Gasteiger partial charge is 0.310 e. The van der Waals surface area contributed by atoms with Crippen molar-refractivity contribution in [2.75, 3.05) is 6.54 Å². The van der Waals surface area contributed by atoms with Gasteiger partial charge in [0.05, 0.1) is 12.0 Å². The summed E-state index contributed by atoms with van der Waals surface area (Å²) in [7, 11) is 0. The predicted octanol–water partition coefficient (Wildman–Crippen LogP) is 2.65. The first-order chi connectivity index (χ1) is 10.1. The maximum absolute atomic E-state index is 11.4. The molecule has 2 rings (SSSR count). The van der Waals surface area contributed by atoms with E-state index in [2.05, 4.69) is 15.5 Å². The molecule has 21 heavy (non-hydrogen) atoms. The Kier molecular flexibility index (Phi) is 4.80. The molecule has 0 saturated carbocycles. The average molecular weight is 291 g/mol. The van der Waals surface area contributed by atoms with E-state index in [9.17, 15) is 9.90 Å². The zero-order valence-corrected chi connectivity index (χ0v) is 12.3. The molecule has 2 aromatic rings. The largest absolute Gasteiger partial charge is 0.481 e. The van der Waals surface area contributed by atoms with E-state index in [1.165, 1.54) is 0 Å². The van der Waals surface area contributed by atoms with Crippen LogP contribution in [0.2, 0.25) is 0 Å². The summed E-state index contributed by atoms with van der Waals surface area (Å²) >= 11 is 0. The number of nitrogens with one attached hydrogen (secondary N) is 2. The van der Waals surface area contributed by atoms with Gasteiger partial charge in [0.25, 0.3) is 0 Å². The number of hydrogen-bond acceptors (Lipinski definition) is 4. The first-order valence-corrected chi connectivity index (χ1v) is 7.14. The molecule has 114 valence electrons. The van der Waals surface area contributed by atoms with Gasteiger partial charge in [-0.1, -0.05) is 13.8 Å². The third kappa shape index (κ3) is 3.33. The molecule has 0 aliphatic rings. The molecular formula is C15H21N3O3. The van der Waals surface area contributed by atoms with Gasteiger partial charge in [-0.3, -0.25) is 9.89 Å². The van der Waals surface area contributed by atoms with E-state index in [1.54, 1.807) is 6.20 Å². The summed E-state index contributed by atoms with van der Waals surface area (Å²) in [4.78, 5) is 11.4. The second-order valence-electron chi connectivity index (χ2n) is 5.13. The summed E-state index contributed by atoms with van der Waals surface area (Å²) < 4.78 is 5.69. The Morgan fingerprint density at radius 1 is 1.38 bits per heavy atom. The average Bonchev–Trinajstić information content (AvgIpc) is 3.14. The fourth-order valence-corrected chi connectivity index (χ4v) is 2.31. The van der Waals surface area contributed by atoms with Crippen LogP contribution in [0.25, 0.3) is 11.5 Å². The topological polar surface area (TPSA) is 91.2 Å². The van der Waals surface area contributed by atoms with Gasteiger partial charge in [0, 0.05) is 12.7 Å². The number of rotatable bonds is 8. The summed E-state index contributed by atoms with van der Waals surface area (Å²) in [5, 5.41) is 19.3. The van der Waals surface area contributed by atoms with Crippen molar-refractivity contribution in [1.82, 2.24) is 15.5 Å². The third-order valence-corrected chi connectivity index (χ3v) is 4.00. The fraction of sp³-hybridized carbons (Fsp3) is 0.467. The molecule has 0 aliphatic carbocycles. The highest BCUT2D eigenvalue weighted by Gasteiger charge is 2.34. The van der Waals surface area contributed by atoms with Crippen LogP contribution in [0.4, 0.5) is 0 Å². The van der Waals surface area contributed by atoms with Crippen LogP contribution in [0.5, 0.6) is 0 Å². The molecule has 0 unspecified atom stereocenters. The zero-order valence-electron chi connectivity index (χ0n) is 12.3. The molecule has 0 fully saturated rings.